The Morgan fingerprint density at radius 2 is 2.06 bits per heavy atom. The standard InChI is InChI=1S/C12H17NO3/c1-12(2,3)11(16-4)10-9(15)6-5-8(7-14)13-10/h5-7,11,15H,1-4H3. The van der Waals surface area contributed by atoms with Crippen LogP contribution >= 0.6 is 0 Å². The molecule has 1 atom stereocenters. The van der Waals surface area contributed by atoms with Crippen molar-refractivity contribution in [1.82, 2.24) is 4.98 Å². The minimum atomic E-state index is -0.354. The monoisotopic (exact) mass is 223 g/mol. The van der Waals surface area contributed by atoms with Crippen LogP contribution in [-0.4, -0.2) is 23.5 Å². The minimum Gasteiger partial charge on any atom is -0.506 e. The number of hydrogen-bond acceptors (Lipinski definition) is 4. The molecule has 0 aliphatic carbocycles. The van der Waals surface area contributed by atoms with Crippen LogP contribution in [0.15, 0.2) is 12.1 Å². The number of carbonyl (C=O) groups is 1. The van der Waals surface area contributed by atoms with Crippen molar-refractivity contribution in [2.24, 2.45) is 5.41 Å². The zero-order valence-electron chi connectivity index (χ0n) is 10.0. The number of pyridine rings is 1. The second kappa shape index (κ2) is 4.61. The molecule has 0 bridgehead atoms. The third-order valence-electron chi connectivity index (χ3n) is 2.32. The molecule has 0 amide bonds. The highest BCUT2D eigenvalue weighted by Crippen LogP contribution is 2.38. The highest BCUT2D eigenvalue weighted by Gasteiger charge is 2.29. The van der Waals surface area contributed by atoms with Crippen molar-refractivity contribution >= 4 is 6.29 Å². The summed E-state index contributed by atoms with van der Waals surface area (Å²) in [7, 11) is 1.56. The SMILES string of the molecule is COC(c1nc(C=O)ccc1O)C(C)(C)C. The number of aldehydes is 1. The second-order valence-corrected chi connectivity index (χ2v) is 4.74. The topological polar surface area (TPSA) is 59.4 Å². The molecular weight excluding hydrogens is 206 g/mol. The van der Waals surface area contributed by atoms with Gasteiger partial charge in [-0.05, 0) is 17.5 Å². The van der Waals surface area contributed by atoms with Crippen LogP contribution in [0.2, 0.25) is 0 Å². The molecule has 1 aromatic heterocycles. The number of hydrogen-bond donors (Lipinski definition) is 1. The van der Waals surface area contributed by atoms with Crippen LogP contribution in [0, 0.1) is 5.41 Å². The number of rotatable bonds is 3. The van der Waals surface area contributed by atoms with Crippen molar-refractivity contribution in [3.05, 3.63) is 23.5 Å². The summed E-state index contributed by atoms with van der Waals surface area (Å²) < 4.78 is 5.34. The Kier molecular flexibility index (Phi) is 3.65. The molecule has 0 radical (unpaired) electrons. The van der Waals surface area contributed by atoms with Crippen molar-refractivity contribution in [3.63, 3.8) is 0 Å². The number of nitrogens with zero attached hydrogens (tertiary/aromatic N) is 1. The van der Waals surface area contributed by atoms with Crippen LogP contribution in [0.1, 0.15) is 43.1 Å². The Balaban J connectivity index is 3.23. The van der Waals surface area contributed by atoms with Gasteiger partial charge in [-0.3, -0.25) is 4.79 Å². The van der Waals surface area contributed by atoms with Crippen LogP contribution in [0.4, 0.5) is 0 Å². The fourth-order valence-electron chi connectivity index (χ4n) is 1.62. The Morgan fingerprint density at radius 3 is 2.50 bits per heavy atom. The van der Waals surface area contributed by atoms with Gasteiger partial charge in [-0.2, -0.15) is 0 Å². The molecule has 1 aromatic rings. The average Bonchev–Trinajstić information content (AvgIpc) is 2.20. The van der Waals surface area contributed by atoms with E-state index in [0.717, 1.165) is 0 Å². The van der Waals surface area contributed by atoms with Gasteiger partial charge >= 0.3 is 0 Å². The van der Waals surface area contributed by atoms with E-state index in [9.17, 15) is 9.90 Å². The van der Waals surface area contributed by atoms with E-state index in [-0.39, 0.29) is 17.3 Å². The molecule has 16 heavy (non-hydrogen) atoms. The van der Waals surface area contributed by atoms with E-state index < -0.39 is 0 Å². The van der Waals surface area contributed by atoms with Crippen molar-refractivity contribution in [2.75, 3.05) is 7.11 Å². The van der Waals surface area contributed by atoms with E-state index in [1.807, 2.05) is 20.8 Å². The first-order valence-electron chi connectivity index (χ1n) is 5.08. The summed E-state index contributed by atoms with van der Waals surface area (Å²) in [5.41, 5.74) is 0.486. The van der Waals surface area contributed by atoms with Crippen molar-refractivity contribution < 1.29 is 14.6 Å². The molecule has 0 aliphatic rings. The largest absolute Gasteiger partial charge is 0.506 e. The lowest BCUT2D eigenvalue weighted by molar-refractivity contribution is 0.0102. The normalized spacial score (nSPS) is 13.5. The van der Waals surface area contributed by atoms with Gasteiger partial charge in [-0.25, -0.2) is 4.98 Å². The van der Waals surface area contributed by atoms with Gasteiger partial charge in [-0.15, -0.1) is 0 Å². The van der Waals surface area contributed by atoms with E-state index in [1.165, 1.54) is 12.1 Å². The van der Waals surface area contributed by atoms with Crippen LogP contribution < -0.4 is 0 Å². The number of aromatic hydroxyl groups is 1. The van der Waals surface area contributed by atoms with E-state index >= 15 is 0 Å². The first-order chi connectivity index (χ1) is 7.40. The number of aromatic nitrogens is 1. The molecule has 0 spiro atoms. The van der Waals surface area contributed by atoms with Crippen LogP contribution in [-0.2, 0) is 4.74 Å². The van der Waals surface area contributed by atoms with Crippen LogP contribution in [0.3, 0.4) is 0 Å². The predicted molar refractivity (Wildman–Crippen MR) is 60.5 cm³/mol. The molecule has 0 saturated carbocycles. The lowest BCUT2D eigenvalue weighted by Crippen LogP contribution is -2.21. The van der Waals surface area contributed by atoms with Gasteiger partial charge in [0.25, 0.3) is 0 Å². The van der Waals surface area contributed by atoms with Crippen molar-refractivity contribution in [2.45, 2.75) is 26.9 Å². The fourth-order valence-corrected chi connectivity index (χ4v) is 1.62. The number of ether oxygens (including phenoxy) is 1. The predicted octanol–water partition coefficient (Wildman–Crippen LogP) is 2.33. The first kappa shape index (κ1) is 12.6. The molecule has 0 aliphatic heterocycles. The van der Waals surface area contributed by atoms with Gasteiger partial charge in [0.05, 0.1) is 0 Å². The molecule has 88 valence electrons. The zero-order valence-corrected chi connectivity index (χ0v) is 10.0. The van der Waals surface area contributed by atoms with Gasteiger partial charge in [0.2, 0.25) is 0 Å². The summed E-state index contributed by atoms with van der Waals surface area (Å²) in [6, 6.07) is 2.94. The van der Waals surface area contributed by atoms with Gasteiger partial charge in [0, 0.05) is 7.11 Å². The molecule has 1 unspecified atom stereocenters. The van der Waals surface area contributed by atoms with Gasteiger partial charge in [-0.1, -0.05) is 20.8 Å². The maximum absolute atomic E-state index is 10.6. The quantitative estimate of drug-likeness (QED) is 0.799. The molecule has 0 fully saturated rings. The Hall–Kier alpha value is -1.42. The Labute approximate surface area is 95.3 Å². The minimum absolute atomic E-state index is 0.0485. The lowest BCUT2D eigenvalue weighted by atomic mass is 9.86. The molecule has 0 saturated heterocycles. The maximum atomic E-state index is 10.6. The second-order valence-electron chi connectivity index (χ2n) is 4.74. The van der Waals surface area contributed by atoms with Gasteiger partial charge in [0.1, 0.15) is 23.2 Å². The smallest absolute Gasteiger partial charge is 0.168 e. The molecule has 0 aromatic carbocycles. The number of carbonyl (C=O) groups excluding carboxylic acids is 1. The summed E-state index contributed by atoms with van der Waals surface area (Å²) >= 11 is 0. The molecule has 4 nitrogen and oxygen atoms in total. The highest BCUT2D eigenvalue weighted by molar-refractivity contribution is 5.72. The molecule has 1 N–H and O–H groups in total. The highest BCUT2D eigenvalue weighted by atomic mass is 16.5. The molecule has 1 rings (SSSR count). The summed E-state index contributed by atoms with van der Waals surface area (Å²) in [5.74, 6) is 0.0485. The van der Waals surface area contributed by atoms with E-state index in [2.05, 4.69) is 4.98 Å². The van der Waals surface area contributed by atoms with Crippen LogP contribution in [0.5, 0.6) is 5.75 Å². The fraction of sp³-hybridized carbons (Fsp3) is 0.500. The molecular formula is C12H17NO3. The molecule has 1 heterocycles. The summed E-state index contributed by atoms with van der Waals surface area (Å²) in [4.78, 5) is 14.7. The average molecular weight is 223 g/mol. The van der Waals surface area contributed by atoms with Gasteiger partial charge < -0.3 is 9.84 Å². The zero-order chi connectivity index (χ0) is 12.3. The molecule has 4 heteroatoms. The first-order valence-corrected chi connectivity index (χ1v) is 5.08. The van der Waals surface area contributed by atoms with E-state index in [0.29, 0.717) is 17.7 Å². The van der Waals surface area contributed by atoms with Gasteiger partial charge in [0.15, 0.2) is 6.29 Å². The van der Waals surface area contributed by atoms with Crippen molar-refractivity contribution in [1.29, 1.82) is 0 Å². The third-order valence-corrected chi connectivity index (χ3v) is 2.32. The summed E-state index contributed by atoms with van der Waals surface area (Å²) in [5, 5.41) is 9.74. The third kappa shape index (κ3) is 2.58. The van der Waals surface area contributed by atoms with Crippen molar-refractivity contribution in [3.8, 4) is 5.75 Å². The van der Waals surface area contributed by atoms with E-state index in [4.69, 9.17) is 4.74 Å². The Bertz CT molecular complexity index is 382. The lowest BCUT2D eigenvalue weighted by Gasteiger charge is -2.29. The van der Waals surface area contributed by atoms with E-state index in [1.54, 1.807) is 7.11 Å². The Morgan fingerprint density at radius 1 is 1.44 bits per heavy atom. The number of methoxy groups -OCH3 is 1. The summed E-state index contributed by atoms with van der Waals surface area (Å²) in [6.45, 7) is 5.95. The maximum Gasteiger partial charge on any atom is 0.168 e. The summed E-state index contributed by atoms with van der Waals surface area (Å²) in [6.07, 6.45) is 0.297. The van der Waals surface area contributed by atoms with Crippen LogP contribution in [0.25, 0.3) is 0 Å².